The molecule has 0 fully saturated rings. The second-order valence-corrected chi connectivity index (χ2v) is 5.98. The van der Waals surface area contributed by atoms with Crippen LogP contribution in [0.15, 0.2) is 72.0 Å². The van der Waals surface area contributed by atoms with Gasteiger partial charge in [0.25, 0.3) is 0 Å². The first-order chi connectivity index (χ1) is 13.3. The van der Waals surface area contributed by atoms with Gasteiger partial charge in [0.15, 0.2) is 5.96 Å². The normalized spacial score (nSPS) is 10.9. The Morgan fingerprint density at radius 1 is 1.07 bits per heavy atom. The summed E-state index contributed by atoms with van der Waals surface area (Å²) in [4.78, 5) is 4.68. The molecule has 0 radical (unpaired) electrons. The summed E-state index contributed by atoms with van der Waals surface area (Å²) >= 11 is 0. The Morgan fingerprint density at radius 2 is 1.86 bits per heavy atom. The van der Waals surface area contributed by atoms with Crippen LogP contribution in [0.2, 0.25) is 0 Å². The largest absolute Gasteiger partial charge is 0.496 e. The number of benzene rings is 2. The third-order valence-electron chi connectivity index (χ3n) is 4.11. The van der Waals surface area contributed by atoms with Crippen molar-refractivity contribution in [1.29, 1.82) is 0 Å². The molecule has 0 spiro atoms. The van der Waals surface area contributed by atoms with E-state index in [1.807, 2.05) is 53.3 Å². The second-order valence-electron chi connectivity index (χ2n) is 5.98. The molecule has 0 aliphatic rings. The SMILES string of the molecule is CCNC(=NCc1ccc(-n2cccn2)cc1)NCc1ccccc1OC.I. The van der Waals surface area contributed by atoms with E-state index < -0.39 is 0 Å². The van der Waals surface area contributed by atoms with Crippen LogP contribution in [0.3, 0.4) is 0 Å². The number of nitrogens with one attached hydrogen (secondary N) is 2. The summed E-state index contributed by atoms with van der Waals surface area (Å²) < 4.78 is 7.24. The zero-order valence-corrected chi connectivity index (χ0v) is 18.5. The van der Waals surface area contributed by atoms with Gasteiger partial charge in [-0.3, -0.25) is 0 Å². The van der Waals surface area contributed by atoms with Gasteiger partial charge in [0.05, 0.1) is 19.3 Å². The maximum absolute atomic E-state index is 5.40. The van der Waals surface area contributed by atoms with Gasteiger partial charge in [-0.25, -0.2) is 9.67 Å². The molecule has 0 aliphatic heterocycles. The van der Waals surface area contributed by atoms with Crippen LogP contribution in [0.4, 0.5) is 0 Å². The molecule has 7 heteroatoms. The van der Waals surface area contributed by atoms with Crippen molar-refractivity contribution in [3.63, 3.8) is 0 Å². The molecule has 3 rings (SSSR count). The Kier molecular flexibility index (Phi) is 8.80. The highest BCUT2D eigenvalue weighted by molar-refractivity contribution is 14.0. The number of hydrogen-bond acceptors (Lipinski definition) is 3. The summed E-state index contributed by atoms with van der Waals surface area (Å²) in [6.07, 6.45) is 3.70. The summed E-state index contributed by atoms with van der Waals surface area (Å²) in [5, 5.41) is 10.9. The van der Waals surface area contributed by atoms with Gasteiger partial charge in [-0.2, -0.15) is 5.10 Å². The molecule has 148 valence electrons. The molecule has 3 aromatic rings. The Balaban J connectivity index is 0.00000280. The lowest BCUT2D eigenvalue weighted by molar-refractivity contribution is 0.409. The minimum Gasteiger partial charge on any atom is -0.496 e. The van der Waals surface area contributed by atoms with E-state index in [-0.39, 0.29) is 24.0 Å². The van der Waals surface area contributed by atoms with E-state index in [2.05, 4.69) is 39.8 Å². The molecule has 0 amide bonds. The van der Waals surface area contributed by atoms with Crippen LogP contribution in [-0.4, -0.2) is 29.4 Å². The number of aliphatic imine (C=N–C) groups is 1. The third kappa shape index (κ3) is 5.98. The van der Waals surface area contributed by atoms with Crippen LogP contribution in [0.5, 0.6) is 5.75 Å². The van der Waals surface area contributed by atoms with E-state index in [9.17, 15) is 0 Å². The van der Waals surface area contributed by atoms with Gasteiger partial charge in [-0.1, -0.05) is 30.3 Å². The molecule has 2 aromatic carbocycles. The van der Waals surface area contributed by atoms with Gasteiger partial charge in [-0.05, 0) is 36.8 Å². The van der Waals surface area contributed by atoms with Crippen molar-refractivity contribution in [1.82, 2.24) is 20.4 Å². The molecule has 1 aromatic heterocycles. The number of aromatic nitrogens is 2. The average molecular weight is 491 g/mol. The van der Waals surface area contributed by atoms with Gasteiger partial charge in [-0.15, -0.1) is 24.0 Å². The second kappa shape index (κ2) is 11.3. The van der Waals surface area contributed by atoms with Crippen LogP contribution in [-0.2, 0) is 13.1 Å². The molecule has 1 heterocycles. The summed E-state index contributed by atoms with van der Waals surface area (Å²) in [5.41, 5.74) is 3.27. The number of ether oxygens (including phenoxy) is 1. The van der Waals surface area contributed by atoms with Crippen molar-refractivity contribution >= 4 is 29.9 Å². The minimum atomic E-state index is 0. The van der Waals surface area contributed by atoms with Crippen molar-refractivity contribution in [3.05, 3.63) is 78.1 Å². The maximum atomic E-state index is 5.40. The first-order valence-corrected chi connectivity index (χ1v) is 9.03. The van der Waals surface area contributed by atoms with Crippen LogP contribution in [0.1, 0.15) is 18.1 Å². The number of nitrogens with zero attached hydrogens (tertiary/aromatic N) is 3. The molecule has 0 atom stereocenters. The van der Waals surface area contributed by atoms with Crippen molar-refractivity contribution in [2.75, 3.05) is 13.7 Å². The fourth-order valence-electron chi connectivity index (χ4n) is 2.72. The molecule has 0 bridgehead atoms. The Hall–Kier alpha value is -2.55. The molecular weight excluding hydrogens is 465 g/mol. The molecule has 0 saturated heterocycles. The van der Waals surface area contributed by atoms with Gasteiger partial charge < -0.3 is 15.4 Å². The summed E-state index contributed by atoms with van der Waals surface area (Å²) in [6.45, 7) is 4.10. The fourth-order valence-corrected chi connectivity index (χ4v) is 2.72. The van der Waals surface area contributed by atoms with E-state index in [4.69, 9.17) is 4.74 Å². The average Bonchev–Trinajstić information content (AvgIpc) is 3.25. The standard InChI is InChI=1S/C21H25N5O.HI/c1-3-22-21(24-16-18-7-4-5-8-20(18)27-2)23-15-17-9-11-19(12-10-17)26-14-6-13-25-26;/h4-14H,3,15-16H2,1-2H3,(H2,22,23,24);1H. The summed E-state index contributed by atoms with van der Waals surface area (Å²) in [5.74, 6) is 1.65. The maximum Gasteiger partial charge on any atom is 0.191 e. The molecule has 28 heavy (non-hydrogen) atoms. The zero-order valence-electron chi connectivity index (χ0n) is 16.1. The topological polar surface area (TPSA) is 63.5 Å². The molecule has 2 N–H and O–H groups in total. The fraction of sp³-hybridized carbons (Fsp3) is 0.238. The predicted molar refractivity (Wildman–Crippen MR) is 124 cm³/mol. The van der Waals surface area contributed by atoms with Crippen molar-refractivity contribution in [2.24, 2.45) is 4.99 Å². The van der Waals surface area contributed by atoms with Crippen LogP contribution in [0, 0.1) is 0 Å². The third-order valence-corrected chi connectivity index (χ3v) is 4.11. The summed E-state index contributed by atoms with van der Waals surface area (Å²) in [7, 11) is 1.69. The zero-order chi connectivity index (χ0) is 18.9. The van der Waals surface area contributed by atoms with E-state index in [0.717, 1.165) is 35.1 Å². The summed E-state index contributed by atoms with van der Waals surface area (Å²) in [6, 6.07) is 18.1. The number of halogens is 1. The van der Waals surface area contributed by atoms with Crippen LogP contribution < -0.4 is 15.4 Å². The van der Waals surface area contributed by atoms with Crippen molar-refractivity contribution in [2.45, 2.75) is 20.0 Å². The number of para-hydroxylation sites is 1. The highest BCUT2D eigenvalue weighted by Crippen LogP contribution is 2.16. The lowest BCUT2D eigenvalue weighted by Crippen LogP contribution is -2.36. The first kappa shape index (κ1) is 21.7. The number of hydrogen-bond donors (Lipinski definition) is 2. The molecular formula is C21H26IN5O. The Bertz CT molecular complexity index is 863. The highest BCUT2D eigenvalue weighted by Gasteiger charge is 2.03. The number of guanidine groups is 1. The number of methoxy groups -OCH3 is 1. The Morgan fingerprint density at radius 3 is 2.54 bits per heavy atom. The molecule has 0 saturated carbocycles. The van der Waals surface area contributed by atoms with Gasteiger partial charge in [0.2, 0.25) is 0 Å². The van der Waals surface area contributed by atoms with Gasteiger partial charge in [0, 0.05) is 31.0 Å². The van der Waals surface area contributed by atoms with Crippen molar-refractivity contribution < 1.29 is 4.74 Å². The number of rotatable bonds is 7. The lowest BCUT2D eigenvalue weighted by Gasteiger charge is -2.13. The lowest BCUT2D eigenvalue weighted by atomic mass is 10.2. The van der Waals surface area contributed by atoms with E-state index in [0.29, 0.717) is 13.1 Å². The monoisotopic (exact) mass is 491 g/mol. The molecule has 0 aliphatic carbocycles. The highest BCUT2D eigenvalue weighted by atomic mass is 127. The van der Waals surface area contributed by atoms with Crippen molar-refractivity contribution in [3.8, 4) is 11.4 Å². The smallest absolute Gasteiger partial charge is 0.191 e. The van der Waals surface area contributed by atoms with E-state index in [1.54, 1.807) is 13.3 Å². The molecule has 6 nitrogen and oxygen atoms in total. The quantitative estimate of drug-likeness (QED) is 0.300. The predicted octanol–water partition coefficient (Wildman–Crippen LogP) is 3.75. The van der Waals surface area contributed by atoms with Gasteiger partial charge in [0.1, 0.15) is 5.75 Å². The van der Waals surface area contributed by atoms with E-state index >= 15 is 0 Å². The van der Waals surface area contributed by atoms with Crippen LogP contribution in [0.25, 0.3) is 5.69 Å². The van der Waals surface area contributed by atoms with E-state index in [1.165, 1.54) is 0 Å². The Labute approximate surface area is 183 Å². The minimum absolute atomic E-state index is 0. The molecule has 0 unspecified atom stereocenters. The first-order valence-electron chi connectivity index (χ1n) is 9.03. The van der Waals surface area contributed by atoms with Crippen LogP contribution >= 0.6 is 24.0 Å². The van der Waals surface area contributed by atoms with Gasteiger partial charge >= 0.3 is 0 Å².